The van der Waals surface area contributed by atoms with Crippen LogP contribution in [0.25, 0.3) is 0 Å². The first-order valence-corrected chi connectivity index (χ1v) is 6.64. The maximum Gasteiger partial charge on any atom is 0.306 e. The van der Waals surface area contributed by atoms with Gasteiger partial charge in [-0.2, -0.15) is 5.26 Å². The molecule has 2 rings (SSSR count). The second-order valence-corrected chi connectivity index (χ2v) is 5.07. The lowest BCUT2D eigenvalue weighted by atomic mass is 9.81. The third kappa shape index (κ3) is 3.35. The number of aliphatic carboxylic acids is 1. The minimum Gasteiger partial charge on any atom is -0.481 e. The van der Waals surface area contributed by atoms with Gasteiger partial charge >= 0.3 is 5.97 Å². The van der Waals surface area contributed by atoms with E-state index in [0.29, 0.717) is 36.9 Å². The normalized spacial score (nSPS) is 21.8. The second-order valence-electron chi connectivity index (χ2n) is 5.07. The number of nitrogens with one attached hydrogen (secondary N) is 1. The molecule has 0 saturated heterocycles. The van der Waals surface area contributed by atoms with Crippen molar-refractivity contribution in [3.05, 3.63) is 29.8 Å². The zero-order chi connectivity index (χ0) is 14.5. The Hall–Kier alpha value is -2.35. The molecule has 0 aliphatic heterocycles. The number of hydrogen-bond donors (Lipinski definition) is 2. The molecule has 0 aromatic heterocycles. The van der Waals surface area contributed by atoms with Crippen LogP contribution in [0.4, 0.5) is 5.69 Å². The molecule has 0 heterocycles. The maximum absolute atomic E-state index is 12.1. The molecule has 1 aromatic rings. The summed E-state index contributed by atoms with van der Waals surface area (Å²) in [4.78, 5) is 23.0. The van der Waals surface area contributed by atoms with Gasteiger partial charge in [-0.3, -0.25) is 9.59 Å². The van der Waals surface area contributed by atoms with Crippen LogP contribution in [-0.2, 0) is 9.59 Å². The molecule has 5 heteroatoms. The van der Waals surface area contributed by atoms with Crippen molar-refractivity contribution in [3.8, 4) is 6.07 Å². The quantitative estimate of drug-likeness (QED) is 0.884. The van der Waals surface area contributed by atoms with Gasteiger partial charge in [0.05, 0.1) is 17.6 Å². The Bertz CT molecular complexity index is 554. The molecule has 0 bridgehead atoms. The highest BCUT2D eigenvalue weighted by atomic mass is 16.4. The highest BCUT2D eigenvalue weighted by Gasteiger charge is 2.29. The van der Waals surface area contributed by atoms with Crippen molar-refractivity contribution >= 4 is 17.6 Å². The van der Waals surface area contributed by atoms with Gasteiger partial charge in [-0.15, -0.1) is 0 Å². The van der Waals surface area contributed by atoms with Crippen molar-refractivity contribution in [3.63, 3.8) is 0 Å². The van der Waals surface area contributed by atoms with E-state index in [2.05, 4.69) is 5.32 Å². The van der Waals surface area contributed by atoms with Gasteiger partial charge in [-0.1, -0.05) is 6.07 Å². The number of nitriles is 1. The molecule has 1 aliphatic carbocycles. The van der Waals surface area contributed by atoms with E-state index in [1.165, 1.54) is 0 Å². The number of rotatable bonds is 3. The smallest absolute Gasteiger partial charge is 0.306 e. The number of carbonyl (C=O) groups excluding carboxylic acids is 1. The van der Waals surface area contributed by atoms with Crippen molar-refractivity contribution in [2.75, 3.05) is 5.32 Å². The Morgan fingerprint density at radius 1 is 1.20 bits per heavy atom. The zero-order valence-electron chi connectivity index (χ0n) is 11.0. The first-order valence-electron chi connectivity index (χ1n) is 6.64. The monoisotopic (exact) mass is 272 g/mol. The summed E-state index contributed by atoms with van der Waals surface area (Å²) in [5.41, 5.74) is 1.10. The molecule has 0 atom stereocenters. The lowest BCUT2D eigenvalue weighted by molar-refractivity contribution is -0.143. The average Bonchev–Trinajstić information content (AvgIpc) is 2.47. The molecule has 0 unspecified atom stereocenters. The number of anilines is 1. The minimum absolute atomic E-state index is 0.0936. The molecule has 0 radical (unpaired) electrons. The Morgan fingerprint density at radius 2 is 1.85 bits per heavy atom. The third-order valence-corrected chi connectivity index (χ3v) is 3.71. The molecule has 20 heavy (non-hydrogen) atoms. The molecule has 2 N–H and O–H groups in total. The summed E-state index contributed by atoms with van der Waals surface area (Å²) in [7, 11) is 0. The summed E-state index contributed by atoms with van der Waals surface area (Å²) >= 11 is 0. The molecule has 1 aliphatic rings. The van der Waals surface area contributed by atoms with Crippen LogP contribution >= 0.6 is 0 Å². The number of benzene rings is 1. The largest absolute Gasteiger partial charge is 0.481 e. The van der Waals surface area contributed by atoms with E-state index < -0.39 is 5.97 Å². The highest BCUT2D eigenvalue weighted by molar-refractivity contribution is 5.92. The van der Waals surface area contributed by atoms with E-state index in [1.54, 1.807) is 24.3 Å². The van der Waals surface area contributed by atoms with E-state index in [-0.39, 0.29) is 17.7 Å². The van der Waals surface area contributed by atoms with Crippen LogP contribution in [-0.4, -0.2) is 17.0 Å². The summed E-state index contributed by atoms with van der Waals surface area (Å²) < 4.78 is 0. The number of carboxylic acids is 1. The predicted octanol–water partition coefficient (Wildman–Crippen LogP) is 2.39. The fraction of sp³-hybridized carbons (Fsp3) is 0.400. The number of amides is 1. The van der Waals surface area contributed by atoms with Gasteiger partial charge in [0.15, 0.2) is 0 Å². The SMILES string of the molecule is N#Cc1cccc(NC(=O)C2CCC(C(=O)O)CC2)c1. The van der Waals surface area contributed by atoms with Crippen LogP contribution in [0.5, 0.6) is 0 Å². The summed E-state index contributed by atoms with van der Waals surface area (Å²) in [6.07, 6.45) is 2.29. The fourth-order valence-corrected chi connectivity index (χ4v) is 2.51. The Kier molecular flexibility index (Phi) is 4.36. The molecule has 1 aromatic carbocycles. The van der Waals surface area contributed by atoms with Crippen molar-refractivity contribution in [2.24, 2.45) is 11.8 Å². The zero-order valence-corrected chi connectivity index (χ0v) is 11.0. The van der Waals surface area contributed by atoms with Gasteiger partial charge in [0.25, 0.3) is 0 Å². The topological polar surface area (TPSA) is 90.2 Å². The molecule has 5 nitrogen and oxygen atoms in total. The van der Waals surface area contributed by atoms with Crippen LogP contribution in [0.3, 0.4) is 0 Å². The Balaban J connectivity index is 1.93. The lowest BCUT2D eigenvalue weighted by Crippen LogP contribution is -2.29. The molecule has 1 saturated carbocycles. The maximum atomic E-state index is 12.1. The van der Waals surface area contributed by atoms with Gasteiger partial charge in [0.2, 0.25) is 5.91 Å². The molecular weight excluding hydrogens is 256 g/mol. The summed E-state index contributed by atoms with van der Waals surface area (Å²) in [6.45, 7) is 0. The van der Waals surface area contributed by atoms with Crippen LogP contribution in [0.1, 0.15) is 31.2 Å². The van der Waals surface area contributed by atoms with Crippen LogP contribution < -0.4 is 5.32 Å². The molecule has 104 valence electrons. The first-order chi connectivity index (χ1) is 9.60. The van der Waals surface area contributed by atoms with Gasteiger partial charge in [-0.25, -0.2) is 0 Å². The summed E-state index contributed by atoms with van der Waals surface area (Å²) in [6, 6.07) is 8.78. The van der Waals surface area contributed by atoms with E-state index in [1.807, 2.05) is 6.07 Å². The lowest BCUT2D eigenvalue weighted by Gasteiger charge is -2.25. The van der Waals surface area contributed by atoms with Crippen molar-refractivity contribution in [2.45, 2.75) is 25.7 Å². The predicted molar refractivity (Wildman–Crippen MR) is 72.9 cm³/mol. The average molecular weight is 272 g/mol. The van der Waals surface area contributed by atoms with E-state index >= 15 is 0 Å². The van der Waals surface area contributed by atoms with Gasteiger partial charge in [0.1, 0.15) is 0 Å². The summed E-state index contributed by atoms with van der Waals surface area (Å²) in [5.74, 6) is -1.33. The number of hydrogen-bond acceptors (Lipinski definition) is 3. The van der Waals surface area contributed by atoms with Crippen LogP contribution in [0.2, 0.25) is 0 Å². The summed E-state index contributed by atoms with van der Waals surface area (Å²) in [5, 5.41) is 20.5. The molecular formula is C15H16N2O3. The van der Waals surface area contributed by atoms with Crippen molar-refractivity contribution < 1.29 is 14.7 Å². The Labute approximate surface area is 117 Å². The number of carbonyl (C=O) groups is 2. The van der Waals surface area contributed by atoms with Crippen molar-refractivity contribution in [1.29, 1.82) is 5.26 Å². The fourth-order valence-electron chi connectivity index (χ4n) is 2.51. The Morgan fingerprint density at radius 3 is 2.45 bits per heavy atom. The number of nitrogens with zero attached hydrogens (tertiary/aromatic N) is 1. The van der Waals surface area contributed by atoms with Crippen LogP contribution in [0, 0.1) is 23.2 Å². The van der Waals surface area contributed by atoms with Gasteiger partial charge in [-0.05, 0) is 43.9 Å². The van der Waals surface area contributed by atoms with Gasteiger partial charge in [0, 0.05) is 11.6 Å². The number of carboxylic acid groups (broad SMARTS) is 1. The third-order valence-electron chi connectivity index (χ3n) is 3.71. The first kappa shape index (κ1) is 14.1. The van der Waals surface area contributed by atoms with Gasteiger partial charge < -0.3 is 10.4 Å². The molecule has 0 spiro atoms. The van der Waals surface area contributed by atoms with E-state index in [4.69, 9.17) is 10.4 Å². The highest BCUT2D eigenvalue weighted by Crippen LogP contribution is 2.29. The van der Waals surface area contributed by atoms with E-state index in [0.717, 1.165) is 0 Å². The second kappa shape index (κ2) is 6.20. The van der Waals surface area contributed by atoms with Crippen molar-refractivity contribution in [1.82, 2.24) is 0 Å². The molecule has 1 fully saturated rings. The minimum atomic E-state index is -0.773. The standard InChI is InChI=1S/C15H16N2O3/c16-9-10-2-1-3-13(8-10)17-14(18)11-4-6-12(7-5-11)15(19)20/h1-3,8,11-12H,4-7H2,(H,17,18)(H,19,20). The van der Waals surface area contributed by atoms with E-state index in [9.17, 15) is 9.59 Å². The molecule has 1 amide bonds. The van der Waals surface area contributed by atoms with Crippen LogP contribution in [0.15, 0.2) is 24.3 Å².